The zero-order valence-electron chi connectivity index (χ0n) is 11.2. The van der Waals surface area contributed by atoms with Gasteiger partial charge in [-0.05, 0) is 19.1 Å². The number of rotatable bonds is 7. The van der Waals surface area contributed by atoms with Gasteiger partial charge in [0.25, 0.3) is 0 Å². The fourth-order valence-corrected chi connectivity index (χ4v) is 1.31. The SMILES string of the molecule is COCCCOc1cccc(NC(=O)[C@H](C)N)c1.Cl. The summed E-state index contributed by atoms with van der Waals surface area (Å²) in [6.45, 7) is 2.89. The van der Waals surface area contributed by atoms with Gasteiger partial charge in [-0.3, -0.25) is 4.79 Å². The molecule has 108 valence electrons. The average molecular weight is 289 g/mol. The Morgan fingerprint density at radius 1 is 1.42 bits per heavy atom. The second kappa shape index (κ2) is 9.61. The minimum atomic E-state index is -0.531. The van der Waals surface area contributed by atoms with Crippen molar-refractivity contribution in [3.8, 4) is 5.75 Å². The minimum absolute atomic E-state index is 0. The molecular formula is C13H21ClN2O3. The second-order valence-corrected chi connectivity index (χ2v) is 4.00. The maximum atomic E-state index is 11.4. The van der Waals surface area contributed by atoms with Crippen molar-refractivity contribution in [3.05, 3.63) is 24.3 Å². The number of carbonyl (C=O) groups is 1. The third kappa shape index (κ3) is 7.00. The fourth-order valence-electron chi connectivity index (χ4n) is 1.31. The third-order valence-electron chi connectivity index (χ3n) is 2.28. The molecule has 5 nitrogen and oxygen atoms in total. The highest BCUT2D eigenvalue weighted by Crippen LogP contribution is 2.17. The summed E-state index contributed by atoms with van der Waals surface area (Å²) in [5, 5.41) is 2.71. The van der Waals surface area contributed by atoms with E-state index in [2.05, 4.69) is 5.32 Å². The van der Waals surface area contributed by atoms with Crippen LogP contribution in [0.15, 0.2) is 24.3 Å². The normalized spacial score (nSPS) is 11.3. The smallest absolute Gasteiger partial charge is 0.241 e. The van der Waals surface area contributed by atoms with Crippen molar-refractivity contribution in [1.29, 1.82) is 0 Å². The quantitative estimate of drug-likeness (QED) is 0.751. The van der Waals surface area contributed by atoms with Gasteiger partial charge in [0.05, 0.1) is 12.6 Å². The zero-order valence-corrected chi connectivity index (χ0v) is 12.0. The highest BCUT2D eigenvalue weighted by molar-refractivity contribution is 5.94. The predicted molar refractivity (Wildman–Crippen MR) is 78.0 cm³/mol. The first-order chi connectivity index (χ1) is 8.63. The van der Waals surface area contributed by atoms with Gasteiger partial charge in [0, 0.05) is 31.9 Å². The minimum Gasteiger partial charge on any atom is -0.493 e. The summed E-state index contributed by atoms with van der Waals surface area (Å²) in [7, 11) is 1.66. The molecule has 3 N–H and O–H groups in total. The van der Waals surface area contributed by atoms with Crippen molar-refractivity contribution in [2.45, 2.75) is 19.4 Å². The van der Waals surface area contributed by atoms with Gasteiger partial charge >= 0.3 is 0 Å². The van der Waals surface area contributed by atoms with Gasteiger partial charge < -0.3 is 20.5 Å². The van der Waals surface area contributed by atoms with E-state index in [0.29, 0.717) is 24.7 Å². The molecule has 6 heteroatoms. The molecule has 0 aliphatic carbocycles. The van der Waals surface area contributed by atoms with Gasteiger partial charge in [-0.1, -0.05) is 6.07 Å². The van der Waals surface area contributed by atoms with E-state index >= 15 is 0 Å². The van der Waals surface area contributed by atoms with Crippen LogP contribution in [-0.4, -0.2) is 32.3 Å². The van der Waals surface area contributed by atoms with E-state index in [1.54, 1.807) is 26.2 Å². The molecule has 1 aromatic carbocycles. The zero-order chi connectivity index (χ0) is 13.4. The summed E-state index contributed by atoms with van der Waals surface area (Å²) in [6.07, 6.45) is 0.826. The Morgan fingerprint density at radius 3 is 2.79 bits per heavy atom. The molecule has 1 amide bonds. The lowest BCUT2D eigenvalue weighted by molar-refractivity contribution is -0.117. The molecule has 0 radical (unpaired) electrons. The topological polar surface area (TPSA) is 73.6 Å². The number of anilines is 1. The Hall–Kier alpha value is -1.30. The summed E-state index contributed by atoms with van der Waals surface area (Å²) in [5.41, 5.74) is 6.16. The van der Waals surface area contributed by atoms with Crippen molar-refractivity contribution in [2.75, 3.05) is 25.6 Å². The molecule has 1 aromatic rings. The molecule has 1 rings (SSSR count). The van der Waals surface area contributed by atoms with Crippen LogP contribution < -0.4 is 15.8 Å². The Balaban J connectivity index is 0.00000324. The van der Waals surface area contributed by atoms with Crippen LogP contribution in [0.25, 0.3) is 0 Å². The summed E-state index contributed by atoms with van der Waals surface area (Å²) in [6, 6.07) is 6.70. The number of nitrogens with one attached hydrogen (secondary N) is 1. The second-order valence-electron chi connectivity index (χ2n) is 4.00. The highest BCUT2D eigenvalue weighted by Gasteiger charge is 2.07. The highest BCUT2D eigenvalue weighted by atomic mass is 35.5. The van der Waals surface area contributed by atoms with Crippen molar-refractivity contribution in [3.63, 3.8) is 0 Å². The maximum absolute atomic E-state index is 11.4. The average Bonchev–Trinajstić information content (AvgIpc) is 2.35. The number of carbonyl (C=O) groups excluding carboxylic acids is 1. The number of benzene rings is 1. The van der Waals surface area contributed by atoms with E-state index in [1.165, 1.54) is 0 Å². The number of nitrogens with two attached hydrogens (primary N) is 1. The molecule has 0 aromatic heterocycles. The number of halogens is 1. The molecule has 0 bridgehead atoms. The van der Waals surface area contributed by atoms with Crippen LogP contribution in [0.4, 0.5) is 5.69 Å². The van der Waals surface area contributed by atoms with E-state index in [1.807, 2.05) is 12.1 Å². The van der Waals surface area contributed by atoms with Gasteiger partial charge in [-0.15, -0.1) is 12.4 Å². The molecule has 0 saturated carbocycles. The van der Waals surface area contributed by atoms with Crippen molar-refractivity contribution >= 4 is 24.0 Å². The number of methoxy groups -OCH3 is 1. The Kier molecular flexibility index (Phi) is 8.95. The van der Waals surface area contributed by atoms with E-state index < -0.39 is 6.04 Å². The van der Waals surface area contributed by atoms with Crippen LogP contribution in [0, 0.1) is 0 Å². The van der Waals surface area contributed by atoms with E-state index in [-0.39, 0.29) is 18.3 Å². The van der Waals surface area contributed by atoms with Gasteiger partial charge in [0.1, 0.15) is 5.75 Å². The molecule has 0 fully saturated rings. The summed E-state index contributed by atoms with van der Waals surface area (Å²) >= 11 is 0. The Morgan fingerprint density at radius 2 is 2.16 bits per heavy atom. The van der Waals surface area contributed by atoms with Crippen molar-refractivity contribution in [2.24, 2.45) is 5.73 Å². The van der Waals surface area contributed by atoms with Crippen molar-refractivity contribution < 1.29 is 14.3 Å². The summed E-state index contributed by atoms with van der Waals surface area (Å²) in [4.78, 5) is 11.4. The van der Waals surface area contributed by atoms with Crippen molar-refractivity contribution in [1.82, 2.24) is 0 Å². The van der Waals surface area contributed by atoms with E-state index in [4.69, 9.17) is 15.2 Å². The molecule has 0 saturated heterocycles. The number of hydrogen-bond donors (Lipinski definition) is 2. The standard InChI is InChI=1S/C13H20N2O3.ClH/c1-10(14)13(16)15-11-5-3-6-12(9-11)18-8-4-7-17-2;/h3,5-6,9-10H,4,7-8,14H2,1-2H3,(H,15,16);1H/t10-;/m0./s1. The molecule has 0 aliphatic heterocycles. The summed E-state index contributed by atoms with van der Waals surface area (Å²) < 4.78 is 10.5. The van der Waals surface area contributed by atoms with E-state index in [9.17, 15) is 4.79 Å². The van der Waals surface area contributed by atoms with Gasteiger partial charge in [0.15, 0.2) is 0 Å². The molecule has 0 unspecified atom stereocenters. The number of ether oxygens (including phenoxy) is 2. The molecule has 19 heavy (non-hydrogen) atoms. The van der Waals surface area contributed by atoms with Crippen LogP contribution in [0.2, 0.25) is 0 Å². The molecule has 0 heterocycles. The van der Waals surface area contributed by atoms with Gasteiger partial charge in [0.2, 0.25) is 5.91 Å². The van der Waals surface area contributed by atoms with Crippen LogP contribution in [0.1, 0.15) is 13.3 Å². The van der Waals surface area contributed by atoms with Gasteiger partial charge in [-0.2, -0.15) is 0 Å². The monoisotopic (exact) mass is 288 g/mol. The number of amides is 1. The lowest BCUT2D eigenvalue weighted by Gasteiger charge is -2.10. The predicted octanol–water partition coefficient (Wildman–Crippen LogP) is 1.81. The fraction of sp³-hybridized carbons (Fsp3) is 0.462. The molecule has 0 spiro atoms. The van der Waals surface area contributed by atoms with Crippen LogP contribution in [0.5, 0.6) is 5.75 Å². The third-order valence-corrected chi connectivity index (χ3v) is 2.28. The summed E-state index contributed by atoms with van der Waals surface area (Å²) in [5.74, 6) is 0.500. The lowest BCUT2D eigenvalue weighted by atomic mass is 10.2. The maximum Gasteiger partial charge on any atom is 0.241 e. The Bertz CT molecular complexity index is 386. The molecule has 0 aliphatic rings. The first-order valence-electron chi connectivity index (χ1n) is 5.91. The Labute approximate surface area is 119 Å². The lowest BCUT2D eigenvalue weighted by Crippen LogP contribution is -2.32. The molecular weight excluding hydrogens is 268 g/mol. The van der Waals surface area contributed by atoms with Crippen LogP contribution in [-0.2, 0) is 9.53 Å². The van der Waals surface area contributed by atoms with Crippen LogP contribution >= 0.6 is 12.4 Å². The first kappa shape index (κ1) is 17.7. The molecule has 1 atom stereocenters. The largest absolute Gasteiger partial charge is 0.493 e. The van der Waals surface area contributed by atoms with E-state index in [0.717, 1.165) is 6.42 Å². The number of hydrogen-bond acceptors (Lipinski definition) is 4. The van der Waals surface area contributed by atoms with Crippen LogP contribution in [0.3, 0.4) is 0 Å². The first-order valence-corrected chi connectivity index (χ1v) is 5.91. The van der Waals surface area contributed by atoms with Gasteiger partial charge in [-0.25, -0.2) is 0 Å².